The molecule has 0 fully saturated rings. The van der Waals surface area contributed by atoms with Crippen LogP contribution in [0.2, 0.25) is 0 Å². The maximum absolute atomic E-state index is 13.2. The molecule has 3 aromatic carbocycles. The third-order valence-corrected chi connectivity index (χ3v) is 5.83. The first kappa shape index (κ1) is 19.9. The number of anilines is 2. The van der Waals surface area contributed by atoms with Crippen LogP contribution in [0.3, 0.4) is 0 Å². The fourth-order valence-electron chi connectivity index (χ4n) is 3.28. The highest BCUT2D eigenvalue weighted by atomic mass is 32.2. The Kier molecular flexibility index (Phi) is 5.95. The van der Waals surface area contributed by atoms with Crippen molar-refractivity contribution in [2.45, 2.75) is 12.1 Å². The number of aryl methyl sites for hydroxylation is 1. The largest absolute Gasteiger partial charge is 0.305 e. The van der Waals surface area contributed by atoms with Crippen LogP contribution in [0.15, 0.2) is 90.1 Å². The standard InChI is InChI=1S/C24H22N4OS/c1-18-11-9-10-16-21(18)23-25-26-24(27(23)2)30-17-22(29)28(19-12-5-3-6-13-19)20-14-7-4-8-15-20/h3-16H,17H2,1-2H3. The molecule has 0 radical (unpaired) electrons. The molecule has 0 saturated carbocycles. The Bertz CT molecular complexity index is 1100. The van der Waals surface area contributed by atoms with Gasteiger partial charge in [-0.1, -0.05) is 72.4 Å². The summed E-state index contributed by atoms with van der Waals surface area (Å²) in [4.78, 5) is 14.9. The third-order valence-electron chi connectivity index (χ3n) is 4.82. The van der Waals surface area contributed by atoms with Crippen molar-refractivity contribution in [2.75, 3.05) is 10.7 Å². The molecule has 4 rings (SSSR count). The van der Waals surface area contributed by atoms with Crippen LogP contribution in [0.25, 0.3) is 11.4 Å². The van der Waals surface area contributed by atoms with Crippen LogP contribution in [0.5, 0.6) is 0 Å². The highest BCUT2D eigenvalue weighted by Crippen LogP contribution is 2.28. The normalized spacial score (nSPS) is 10.7. The maximum atomic E-state index is 13.2. The lowest BCUT2D eigenvalue weighted by atomic mass is 10.1. The van der Waals surface area contributed by atoms with Crippen molar-refractivity contribution in [3.63, 3.8) is 0 Å². The van der Waals surface area contributed by atoms with Gasteiger partial charge in [0, 0.05) is 24.0 Å². The number of rotatable bonds is 6. The van der Waals surface area contributed by atoms with E-state index in [0.29, 0.717) is 5.16 Å². The number of thioether (sulfide) groups is 1. The molecule has 0 aliphatic carbocycles. The number of hydrogen-bond acceptors (Lipinski definition) is 4. The average molecular weight is 415 g/mol. The molecule has 6 heteroatoms. The Labute approximate surface area is 180 Å². The van der Waals surface area contributed by atoms with E-state index in [4.69, 9.17) is 0 Å². The second-order valence-electron chi connectivity index (χ2n) is 6.87. The molecule has 30 heavy (non-hydrogen) atoms. The van der Waals surface area contributed by atoms with Crippen molar-refractivity contribution in [1.82, 2.24) is 14.8 Å². The maximum Gasteiger partial charge on any atom is 0.242 e. The first-order valence-electron chi connectivity index (χ1n) is 9.66. The molecule has 1 amide bonds. The first-order chi connectivity index (χ1) is 14.6. The van der Waals surface area contributed by atoms with E-state index in [1.165, 1.54) is 11.8 Å². The van der Waals surface area contributed by atoms with E-state index in [9.17, 15) is 4.79 Å². The molecule has 0 unspecified atom stereocenters. The van der Waals surface area contributed by atoms with E-state index < -0.39 is 0 Å². The molecule has 0 aliphatic rings. The second-order valence-corrected chi connectivity index (χ2v) is 7.81. The summed E-state index contributed by atoms with van der Waals surface area (Å²) in [5.41, 5.74) is 3.86. The summed E-state index contributed by atoms with van der Waals surface area (Å²) < 4.78 is 1.94. The van der Waals surface area contributed by atoms with Crippen LogP contribution in [-0.4, -0.2) is 26.4 Å². The lowest BCUT2D eigenvalue weighted by Gasteiger charge is -2.22. The minimum Gasteiger partial charge on any atom is -0.305 e. The van der Waals surface area contributed by atoms with E-state index in [1.807, 2.05) is 90.5 Å². The van der Waals surface area contributed by atoms with E-state index in [-0.39, 0.29) is 11.7 Å². The Balaban J connectivity index is 1.56. The minimum absolute atomic E-state index is 0.0159. The van der Waals surface area contributed by atoms with E-state index in [1.54, 1.807) is 4.90 Å². The van der Waals surface area contributed by atoms with Gasteiger partial charge in [0.15, 0.2) is 11.0 Å². The molecule has 5 nitrogen and oxygen atoms in total. The smallest absolute Gasteiger partial charge is 0.242 e. The van der Waals surface area contributed by atoms with Crippen molar-refractivity contribution in [3.05, 3.63) is 90.5 Å². The number of carbonyl (C=O) groups is 1. The number of aromatic nitrogens is 3. The molecule has 0 N–H and O–H groups in total. The number of benzene rings is 3. The monoisotopic (exact) mass is 414 g/mol. The molecule has 4 aromatic rings. The first-order valence-corrected chi connectivity index (χ1v) is 10.6. The zero-order chi connectivity index (χ0) is 20.9. The SMILES string of the molecule is Cc1ccccc1-c1nnc(SCC(=O)N(c2ccccc2)c2ccccc2)n1C. The van der Waals surface area contributed by atoms with Crippen LogP contribution in [0, 0.1) is 6.92 Å². The zero-order valence-electron chi connectivity index (χ0n) is 16.9. The van der Waals surface area contributed by atoms with E-state index in [2.05, 4.69) is 23.2 Å². The lowest BCUT2D eigenvalue weighted by molar-refractivity contribution is -0.115. The predicted octanol–water partition coefficient (Wildman–Crippen LogP) is 5.25. The van der Waals surface area contributed by atoms with Crippen LogP contribution in [0.1, 0.15) is 5.56 Å². The summed E-state index contributed by atoms with van der Waals surface area (Å²) in [6.45, 7) is 2.05. The number of carbonyl (C=O) groups excluding carboxylic acids is 1. The van der Waals surface area contributed by atoms with Crippen LogP contribution in [-0.2, 0) is 11.8 Å². The Hall–Kier alpha value is -3.38. The van der Waals surface area contributed by atoms with Gasteiger partial charge in [0.25, 0.3) is 0 Å². The third kappa shape index (κ3) is 4.14. The molecule has 0 bridgehead atoms. The second kappa shape index (κ2) is 8.97. The highest BCUT2D eigenvalue weighted by Gasteiger charge is 2.20. The van der Waals surface area contributed by atoms with Crippen molar-refractivity contribution in [3.8, 4) is 11.4 Å². The van der Waals surface area contributed by atoms with Gasteiger partial charge in [0.05, 0.1) is 5.75 Å². The van der Waals surface area contributed by atoms with Gasteiger partial charge in [0.2, 0.25) is 5.91 Å². The van der Waals surface area contributed by atoms with Gasteiger partial charge >= 0.3 is 0 Å². The highest BCUT2D eigenvalue weighted by molar-refractivity contribution is 7.99. The number of amides is 1. The molecule has 0 atom stereocenters. The van der Waals surface area contributed by atoms with Gasteiger partial charge in [-0.3, -0.25) is 9.69 Å². The van der Waals surface area contributed by atoms with Crippen molar-refractivity contribution in [1.29, 1.82) is 0 Å². The van der Waals surface area contributed by atoms with Gasteiger partial charge in [0.1, 0.15) is 0 Å². The summed E-state index contributed by atoms with van der Waals surface area (Å²) in [7, 11) is 1.93. The number of hydrogen-bond donors (Lipinski definition) is 0. The van der Waals surface area contributed by atoms with Gasteiger partial charge in [-0.2, -0.15) is 0 Å². The minimum atomic E-state index is -0.0159. The molecule has 0 saturated heterocycles. The van der Waals surface area contributed by atoms with E-state index >= 15 is 0 Å². The van der Waals surface area contributed by atoms with Crippen molar-refractivity contribution in [2.24, 2.45) is 7.05 Å². The molecule has 0 aliphatic heterocycles. The molecular formula is C24H22N4OS. The molecular weight excluding hydrogens is 392 g/mol. The van der Waals surface area contributed by atoms with Crippen LogP contribution >= 0.6 is 11.8 Å². The Morgan fingerprint density at radius 3 is 2.03 bits per heavy atom. The zero-order valence-corrected chi connectivity index (χ0v) is 17.7. The molecule has 150 valence electrons. The number of para-hydroxylation sites is 2. The van der Waals surface area contributed by atoms with Gasteiger partial charge in [-0.05, 0) is 36.8 Å². The summed E-state index contributed by atoms with van der Waals surface area (Å²) in [5.74, 6) is 1.03. The van der Waals surface area contributed by atoms with Gasteiger partial charge < -0.3 is 4.57 Å². The average Bonchev–Trinajstić information content (AvgIpc) is 3.14. The van der Waals surface area contributed by atoms with Crippen LogP contribution < -0.4 is 4.90 Å². The summed E-state index contributed by atoms with van der Waals surface area (Å²) in [5, 5.41) is 9.38. The lowest BCUT2D eigenvalue weighted by Crippen LogP contribution is -2.27. The molecule has 0 spiro atoms. The fraction of sp³-hybridized carbons (Fsp3) is 0.125. The van der Waals surface area contributed by atoms with Gasteiger partial charge in [-0.15, -0.1) is 10.2 Å². The van der Waals surface area contributed by atoms with Crippen LogP contribution in [0.4, 0.5) is 11.4 Å². The summed E-state index contributed by atoms with van der Waals surface area (Å²) in [6, 6.07) is 27.5. The quantitative estimate of drug-likeness (QED) is 0.405. The number of nitrogens with zero attached hydrogens (tertiary/aromatic N) is 4. The Morgan fingerprint density at radius 1 is 0.867 bits per heavy atom. The topological polar surface area (TPSA) is 51.0 Å². The van der Waals surface area contributed by atoms with Gasteiger partial charge in [-0.25, -0.2) is 0 Å². The summed E-state index contributed by atoms with van der Waals surface area (Å²) in [6.07, 6.45) is 0. The van der Waals surface area contributed by atoms with E-state index in [0.717, 1.165) is 28.3 Å². The van der Waals surface area contributed by atoms with Crippen molar-refractivity contribution >= 4 is 29.0 Å². The molecule has 1 aromatic heterocycles. The fourth-order valence-corrected chi connectivity index (χ4v) is 4.04. The predicted molar refractivity (Wildman–Crippen MR) is 122 cm³/mol. The molecule has 1 heterocycles. The summed E-state index contributed by atoms with van der Waals surface area (Å²) >= 11 is 1.39. The Morgan fingerprint density at radius 2 is 1.43 bits per heavy atom. The van der Waals surface area contributed by atoms with Crippen molar-refractivity contribution < 1.29 is 4.79 Å².